The summed E-state index contributed by atoms with van der Waals surface area (Å²) in [5.41, 5.74) is 3.05. The molecule has 2 aromatic rings. The molecular weight excluding hydrogens is 411 g/mol. The third kappa shape index (κ3) is 6.31. The van der Waals surface area contributed by atoms with Crippen molar-refractivity contribution in [2.24, 2.45) is 0 Å². The topological polar surface area (TPSA) is 66.5 Å². The first kappa shape index (κ1) is 22.9. The lowest BCUT2D eigenvalue weighted by molar-refractivity contribution is -0.134. The van der Waals surface area contributed by atoms with Crippen LogP contribution in [0, 0.1) is 13.8 Å². The molecule has 0 spiro atoms. The molecule has 154 valence electrons. The zero-order valence-corrected chi connectivity index (χ0v) is 18.2. The molecule has 0 fully saturated rings. The number of carbonyl (C=O) groups is 3. The summed E-state index contributed by atoms with van der Waals surface area (Å²) in [5.74, 6) is -0.759. The van der Waals surface area contributed by atoms with Crippen molar-refractivity contribution < 1.29 is 14.4 Å². The van der Waals surface area contributed by atoms with Crippen LogP contribution in [0.4, 0.5) is 5.69 Å². The molecule has 0 aliphatic rings. The summed E-state index contributed by atoms with van der Waals surface area (Å²) in [6.07, 6.45) is 0.134. The number of amides is 2. The molecule has 0 aromatic heterocycles. The van der Waals surface area contributed by atoms with Gasteiger partial charge in [0.15, 0.2) is 5.78 Å². The number of rotatable bonds is 8. The van der Waals surface area contributed by atoms with Crippen LogP contribution in [0.5, 0.6) is 0 Å². The second-order valence-electron chi connectivity index (χ2n) is 6.77. The molecule has 0 saturated heterocycles. The Balaban J connectivity index is 1.93. The van der Waals surface area contributed by atoms with Crippen molar-refractivity contribution in [3.05, 3.63) is 63.1 Å². The summed E-state index contributed by atoms with van der Waals surface area (Å²) >= 11 is 12.1. The lowest BCUT2D eigenvalue weighted by Gasteiger charge is -2.20. The maximum Gasteiger partial charge on any atom is 0.244 e. The first-order valence-corrected chi connectivity index (χ1v) is 10.1. The maximum absolute atomic E-state index is 12.5. The summed E-state index contributed by atoms with van der Waals surface area (Å²) < 4.78 is 0. The van der Waals surface area contributed by atoms with Crippen molar-refractivity contribution >= 4 is 46.5 Å². The number of Topliss-reactive ketones (excluding diaryl/α,β-unsaturated/α-hetero) is 1. The van der Waals surface area contributed by atoms with Gasteiger partial charge in [0.05, 0.1) is 22.3 Å². The van der Waals surface area contributed by atoms with Crippen LogP contribution < -0.4 is 5.32 Å². The predicted octanol–water partition coefficient (Wildman–Crippen LogP) is 5.06. The first-order valence-electron chi connectivity index (χ1n) is 9.35. The molecule has 0 atom stereocenters. The Labute approximate surface area is 181 Å². The van der Waals surface area contributed by atoms with E-state index in [-0.39, 0.29) is 31.1 Å². The molecule has 5 nitrogen and oxygen atoms in total. The van der Waals surface area contributed by atoms with Gasteiger partial charge in [-0.05, 0) is 50.1 Å². The second-order valence-corrected chi connectivity index (χ2v) is 7.59. The van der Waals surface area contributed by atoms with E-state index in [2.05, 4.69) is 5.32 Å². The van der Waals surface area contributed by atoms with Gasteiger partial charge in [0.1, 0.15) is 0 Å². The highest BCUT2D eigenvalue weighted by Crippen LogP contribution is 2.29. The monoisotopic (exact) mass is 434 g/mol. The Morgan fingerprint density at radius 1 is 0.966 bits per heavy atom. The fourth-order valence-electron chi connectivity index (χ4n) is 2.78. The minimum absolute atomic E-state index is 0.0414. The van der Waals surface area contributed by atoms with Gasteiger partial charge in [0.2, 0.25) is 11.8 Å². The average molecular weight is 435 g/mol. The Kier molecular flexibility index (Phi) is 8.23. The fraction of sp³-hybridized carbons (Fsp3) is 0.318. The lowest BCUT2D eigenvalue weighted by atomic mass is 10.0. The first-order chi connectivity index (χ1) is 13.7. The predicted molar refractivity (Wildman–Crippen MR) is 117 cm³/mol. The van der Waals surface area contributed by atoms with Gasteiger partial charge in [-0.2, -0.15) is 0 Å². The Bertz CT molecular complexity index is 908. The highest BCUT2D eigenvalue weighted by molar-refractivity contribution is 6.39. The number of nitrogens with one attached hydrogen (secondary N) is 1. The number of hydrogen-bond donors (Lipinski definition) is 1. The second kappa shape index (κ2) is 10.4. The van der Waals surface area contributed by atoms with E-state index in [1.54, 1.807) is 31.2 Å². The SMILES string of the molecule is CCN(CC(=O)Nc1c(Cl)cccc1Cl)C(=O)CCC(=O)c1ccc(C)c(C)c1. The van der Waals surface area contributed by atoms with Crippen LogP contribution in [0.25, 0.3) is 0 Å². The van der Waals surface area contributed by atoms with E-state index >= 15 is 0 Å². The summed E-state index contributed by atoms with van der Waals surface area (Å²) in [5, 5.41) is 3.27. The molecule has 0 unspecified atom stereocenters. The number of hydrogen-bond acceptors (Lipinski definition) is 3. The van der Waals surface area contributed by atoms with E-state index < -0.39 is 5.91 Å². The maximum atomic E-state index is 12.5. The van der Waals surface area contributed by atoms with E-state index in [1.165, 1.54) is 4.90 Å². The summed E-state index contributed by atoms with van der Waals surface area (Å²) in [6, 6.07) is 10.4. The molecule has 0 aliphatic carbocycles. The van der Waals surface area contributed by atoms with E-state index in [0.29, 0.717) is 27.8 Å². The third-order valence-electron chi connectivity index (χ3n) is 4.69. The smallest absolute Gasteiger partial charge is 0.244 e. The molecular formula is C22H24Cl2N2O3. The van der Waals surface area contributed by atoms with E-state index in [4.69, 9.17) is 23.2 Å². The fourth-order valence-corrected chi connectivity index (χ4v) is 3.28. The van der Waals surface area contributed by atoms with E-state index in [0.717, 1.165) is 11.1 Å². The Morgan fingerprint density at radius 3 is 2.21 bits per heavy atom. The normalized spacial score (nSPS) is 10.5. The lowest BCUT2D eigenvalue weighted by Crippen LogP contribution is -2.38. The molecule has 29 heavy (non-hydrogen) atoms. The number of halogens is 2. The number of likely N-dealkylation sites (N-methyl/N-ethyl adjacent to an activating group) is 1. The van der Waals surface area contributed by atoms with Crippen molar-refractivity contribution in [1.82, 2.24) is 4.90 Å². The van der Waals surface area contributed by atoms with Gasteiger partial charge in [0.25, 0.3) is 0 Å². The molecule has 2 rings (SSSR count). The number of carbonyl (C=O) groups excluding carboxylic acids is 3. The van der Waals surface area contributed by atoms with Crippen molar-refractivity contribution in [2.75, 3.05) is 18.4 Å². The summed E-state index contributed by atoms with van der Waals surface area (Å²) in [6.45, 7) is 5.90. The van der Waals surface area contributed by atoms with Crippen LogP contribution in [0.1, 0.15) is 41.3 Å². The molecule has 0 radical (unpaired) electrons. The number of para-hydroxylation sites is 1. The van der Waals surface area contributed by atoms with Crippen molar-refractivity contribution in [3.63, 3.8) is 0 Å². The standard InChI is InChI=1S/C22H24Cl2N2O3/c1-4-26(13-20(28)25-22-17(23)6-5-7-18(22)24)21(29)11-10-19(27)16-9-8-14(2)15(3)12-16/h5-9,12H,4,10-11,13H2,1-3H3,(H,25,28). The quantitative estimate of drug-likeness (QED) is 0.590. The van der Waals surface area contributed by atoms with E-state index in [9.17, 15) is 14.4 Å². The Hall–Kier alpha value is -2.37. The van der Waals surface area contributed by atoms with Gasteiger partial charge in [0, 0.05) is 24.9 Å². The molecule has 7 heteroatoms. The minimum atomic E-state index is -0.407. The van der Waals surface area contributed by atoms with Crippen LogP contribution in [0.2, 0.25) is 10.0 Å². The molecule has 0 bridgehead atoms. The van der Waals surface area contributed by atoms with Gasteiger partial charge in [-0.3, -0.25) is 14.4 Å². The number of benzene rings is 2. The van der Waals surface area contributed by atoms with E-state index in [1.807, 2.05) is 26.0 Å². The van der Waals surface area contributed by atoms with Crippen LogP contribution in [-0.2, 0) is 9.59 Å². The zero-order valence-electron chi connectivity index (χ0n) is 16.7. The van der Waals surface area contributed by atoms with Gasteiger partial charge >= 0.3 is 0 Å². The van der Waals surface area contributed by atoms with Gasteiger partial charge in [-0.1, -0.05) is 41.4 Å². The number of aryl methyl sites for hydroxylation is 2. The summed E-state index contributed by atoms with van der Waals surface area (Å²) in [4.78, 5) is 38.6. The molecule has 1 N–H and O–H groups in total. The molecule has 0 heterocycles. The van der Waals surface area contributed by atoms with Gasteiger partial charge in [-0.25, -0.2) is 0 Å². The molecule has 2 aromatic carbocycles. The zero-order chi connectivity index (χ0) is 21.6. The van der Waals surface area contributed by atoms with Crippen LogP contribution in [0.3, 0.4) is 0 Å². The van der Waals surface area contributed by atoms with Crippen molar-refractivity contribution in [3.8, 4) is 0 Å². The van der Waals surface area contributed by atoms with Crippen LogP contribution >= 0.6 is 23.2 Å². The summed E-state index contributed by atoms with van der Waals surface area (Å²) in [7, 11) is 0. The van der Waals surface area contributed by atoms with Gasteiger partial charge < -0.3 is 10.2 Å². The highest BCUT2D eigenvalue weighted by Gasteiger charge is 2.19. The van der Waals surface area contributed by atoms with Crippen LogP contribution in [0.15, 0.2) is 36.4 Å². The number of ketones is 1. The molecule has 2 amide bonds. The number of nitrogens with zero attached hydrogens (tertiary/aromatic N) is 1. The average Bonchev–Trinajstić information content (AvgIpc) is 2.69. The van der Waals surface area contributed by atoms with Crippen molar-refractivity contribution in [2.45, 2.75) is 33.6 Å². The third-order valence-corrected chi connectivity index (χ3v) is 5.32. The molecule has 0 saturated carbocycles. The number of anilines is 1. The molecule has 0 aliphatic heterocycles. The Morgan fingerprint density at radius 2 is 1.62 bits per heavy atom. The highest BCUT2D eigenvalue weighted by atomic mass is 35.5. The van der Waals surface area contributed by atoms with Crippen molar-refractivity contribution in [1.29, 1.82) is 0 Å². The van der Waals surface area contributed by atoms with Gasteiger partial charge in [-0.15, -0.1) is 0 Å². The van der Waals surface area contributed by atoms with Crippen LogP contribution in [-0.4, -0.2) is 35.6 Å². The largest absolute Gasteiger partial charge is 0.334 e. The minimum Gasteiger partial charge on any atom is -0.334 e.